The van der Waals surface area contributed by atoms with Crippen LogP contribution in [-0.4, -0.2) is 16.9 Å². The normalized spacial score (nSPS) is 12.8. The smallest absolute Gasteiger partial charge is 0.162 e. The van der Waals surface area contributed by atoms with Crippen LogP contribution < -0.4 is 16.0 Å². The maximum absolute atomic E-state index is 5.77. The van der Waals surface area contributed by atoms with Gasteiger partial charge in [-0.2, -0.15) is 5.10 Å². The molecule has 0 aliphatic heterocycles. The van der Waals surface area contributed by atoms with Crippen molar-refractivity contribution in [1.82, 2.24) is 15.2 Å². The lowest BCUT2D eigenvalue weighted by molar-refractivity contribution is 0.401. The SMILES string of the molecule is COc1cnn(C)c1C(NN)c1cc2ccccc2s1. The van der Waals surface area contributed by atoms with E-state index >= 15 is 0 Å². The number of nitrogens with one attached hydrogen (secondary N) is 1. The van der Waals surface area contributed by atoms with Crippen LogP contribution in [0.3, 0.4) is 0 Å². The number of thiophene rings is 1. The van der Waals surface area contributed by atoms with E-state index in [4.69, 9.17) is 10.6 Å². The molecule has 0 fully saturated rings. The molecule has 0 radical (unpaired) electrons. The van der Waals surface area contributed by atoms with Gasteiger partial charge in [-0.15, -0.1) is 11.3 Å². The highest BCUT2D eigenvalue weighted by Gasteiger charge is 2.23. The maximum atomic E-state index is 5.77. The Labute approximate surface area is 120 Å². The Morgan fingerprint density at radius 3 is 2.90 bits per heavy atom. The highest BCUT2D eigenvalue weighted by Crippen LogP contribution is 2.35. The second-order valence-electron chi connectivity index (χ2n) is 4.51. The number of hydrogen-bond acceptors (Lipinski definition) is 5. The zero-order chi connectivity index (χ0) is 14.1. The van der Waals surface area contributed by atoms with Gasteiger partial charge < -0.3 is 4.74 Å². The van der Waals surface area contributed by atoms with Crippen molar-refractivity contribution < 1.29 is 4.74 Å². The van der Waals surface area contributed by atoms with E-state index in [1.807, 2.05) is 19.2 Å². The number of hydrazine groups is 1. The number of rotatable bonds is 4. The van der Waals surface area contributed by atoms with Crippen molar-refractivity contribution in [2.45, 2.75) is 6.04 Å². The van der Waals surface area contributed by atoms with Gasteiger partial charge in [0, 0.05) is 16.6 Å². The van der Waals surface area contributed by atoms with E-state index in [1.54, 1.807) is 29.3 Å². The highest BCUT2D eigenvalue weighted by atomic mass is 32.1. The second-order valence-corrected chi connectivity index (χ2v) is 5.62. The summed E-state index contributed by atoms with van der Waals surface area (Å²) in [6.07, 6.45) is 1.70. The fourth-order valence-corrected chi connectivity index (χ4v) is 3.48. The molecule has 2 aromatic heterocycles. The van der Waals surface area contributed by atoms with Crippen LogP contribution in [0.1, 0.15) is 16.6 Å². The van der Waals surface area contributed by atoms with Gasteiger partial charge in [0.2, 0.25) is 0 Å². The lowest BCUT2D eigenvalue weighted by Gasteiger charge is -2.16. The van der Waals surface area contributed by atoms with E-state index < -0.39 is 0 Å². The van der Waals surface area contributed by atoms with Gasteiger partial charge in [0.05, 0.1) is 13.3 Å². The molecule has 2 heterocycles. The van der Waals surface area contributed by atoms with Crippen molar-refractivity contribution in [3.8, 4) is 5.75 Å². The average Bonchev–Trinajstić information content (AvgIpc) is 3.04. The molecule has 6 heteroatoms. The summed E-state index contributed by atoms with van der Waals surface area (Å²) in [6, 6.07) is 10.3. The molecule has 0 bridgehead atoms. The molecule has 1 unspecified atom stereocenters. The molecule has 0 saturated heterocycles. The Morgan fingerprint density at radius 1 is 1.40 bits per heavy atom. The van der Waals surface area contributed by atoms with E-state index in [9.17, 15) is 0 Å². The topological polar surface area (TPSA) is 65.1 Å². The first-order chi connectivity index (χ1) is 9.74. The number of nitrogens with two attached hydrogens (primary N) is 1. The molecule has 3 rings (SSSR count). The molecule has 0 amide bonds. The van der Waals surface area contributed by atoms with E-state index in [0.717, 1.165) is 16.3 Å². The van der Waals surface area contributed by atoms with Crippen molar-refractivity contribution in [1.29, 1.82) is 0 Å². The van der Waals surface area contributed by atoms with Gasteiger partial charge in [-0.3, -0.25) is 10.5 Å². The van der Waals surface area contributed by atoms with E-state index in [0.29, 0.717) is 0 Å². The molecule has 5 nitrogen and oxygen atoms in total. The molecule has 0 aliphatic carbocycles. The van der Waals surface area contributed by atoms with Crippen LogP contribution in [-0.2, 0) is 7.05 Å². The lowest BCUT2D eigenvalue weighted by Crippen LogP contribution is -2.30. The van der Waals surface area contributed by atoms with Crippen LogP contribution in [0.15, 0.2) is 36.5 Å². The molecular formula is C14H16N4OS. The third-order valence-electron chi connectivity index (χ3n) is 3.34. The molecule has 104 valence electrons. The van der Waals surface area contributed by atoms with Crippen LogP contribution in [0.2, 0.25) is 0 Å². The number of nitrogens with zero attached hydrogens (tertiary/aromatic N) is 2. The number of hydrogen-bond donors (Lipinski definition) is 2. The van der Waals surface area contributed by atoms with Gasteiger partial charge in [-0.05, 0) is 17.5 Å². The Balaban J connectivity index is 2.11. The van der Waals surface area contributed by atoms with Crippen molar-refractivity contribution in [3.05, 3.63) is 47.1 Å². The monoisotopic (exact) mass is 288 g/mol. The van der Waals surface area contributed by atoms with Crippen molar-refractivity contribution in [2.75, 3.05) is 7.11 Å². The quantitative estimate of drug-likeness (QED) is 0.570. The van der Waals surface area contributed by atoms with Crippen LogP contribution in [0.5, 0.6) is 5.75 Å². The first-order valence-electron chi connectivity index (χ1n) is 6.25. The molecule has 0 spiro atoms. The summed E-state index contributed by atoms with van der Waals surface area (Å²) < 4.78 is 8.40. The van der Waals surface area contributed by atoms with Crippen molar-refractivity contribution in [3.63, 3.8) is 0 Å². The summed E-state index contributed by atoms with van der Waals surface area (Å²) in [5, 5.41) is 5.45. The maximum Gasteiger partial charge on any atom is 0.162 e. The molecule has 3 N–H and O–H groups in total. The summed E-state index contributed by atoms with van der Waals surface area (Å²) in [5.74, 6) is 6.50. The second kappa shape index (κ2) is 5.24. The Morgan fingerprint density at radius 2 is 2.20 bits per heavy atom. The van der Waals surface area contributed by atoms with Crippen molar-refractivity contribution >= 4 is 21.4 Å². The largest absolute Gasteiger partial charge is 0.493 e. The molecule has 0 aliphatic rings. The van der Waals surface area contributed by atoms with Gasteiger partial charge in [-0.25, -0.2) is 5.43 Å². The first kappa shape index (κ1) is 13.1. The van der Waals surface area contributed by atoms with Crippen LogP contribution in [0, 0.1) is 0 Å². The fourth-order valence-electron chi connectivity index (χ4n) is 2.35. The number of benzene rings is 1. The predicted molar refractivity (Wildman–Crippen MR) is 80.8 cm³/mol. The van der Waals surface area contributed by atoms with Gasteiger partial charge in [-0.1, -0.05) is 18.2 Å². The molecule has 3 aromatic rings. The first-order valence-corrected chi connectivity index (χ1v) is 7.06. The standard InChI is InChI=1S/C14H16N4OS/c1-18-14(10(19-2)8-16-18)13(17-15)12-7-9-5-3-4-6-11(9)20-12/h3-8,13,17H,15H2,1-2H3. The molecule has 1 aromatic carbocycles. The Bertz CT molecular complexity index is 701. The lowest BCUT2D eigenvalue weighted by atomic mass is 10.1. The third-order valence-corrected chi connectivity index (χ3v) is 4.52. The third kappa shape index (κ3) is 2.07. The number of aryl methyl sites for hydroxylation is 1. The minimum atomic E-state index is -0.144. The summed E-state index contributed by atoms with van der Waals surface area (Å²) in [5.41, 5.74) is 3.78. The average molecular weight is 288 g/mol. The minimum absolute atomic E-state index is 0.144. The molecule has 1 atom stereocenters. The predicted octanol–water partition coefficient (Wildman–Crippen LogP) is 2.20. The van der Waals surface area contributed by atoms with E-state index in [2.05, 4.69) is 28.7 Å². The summed E-state index contributed by atoms with van der Waals surface area (Å²) in [6.45, 7) is 0. The fraction of sp³-hybridized carbons (Fsp3) is 0.214. The van der Waals surface area contributed by atoms with Gasteiger partial charge in [0.1, 0.15) is 11.7 Å². The molecule has 0 saturated carbocycles. The van der Waals surface area contributed by atoms with Gasteiger partial charge in [0.25, 0.3) is 0 Å². The van der Waals surface area contributed by atoms with E-state index in [-0.39, 0.29) is 6.04 Å². The minimum Gasteiger partial charge on any atom is -0.493 e. The summed E-state index contributed by atoms with van der Waals surface area (Å²) in [7, 11) is 3.52. The number of methoxy groups -OCH3 is 1. The Kier molecular flexibility index (Phi) is 3.43. The Hall–Kier alpha value is -1.89. The number of aromatic nitrogens is 2. The van der Waals surface area contributed by atoms with Gasteiger partial charge in [0.15, 0.2) is 5.75 Å². The van der Waals surface area contributed by atoms with Crippen LogP contribution in [0.25, 0.3) is 10.1 Å². The summed E-state index contributed by atoms with van der Waals surface area (Å²) >= 11 is 1.72. The molecular weight excluding hydrogens is 272 g/mol. The molecule has 20 heavy (non-hydrogen) atoms. The van der Waals surface area contributed by atoms with Crippen LogP contribution in [0.4, 0.5) is 0 Å². The number of fused-ring (bicyclic) bond motifs is 1. The zero-order valence-electron chi connectivity index (χ0n) is 11.3. The number of ether oxygens (including phenoxy) is 1. The van der Waals surface area contributed by atoms with Crippen LogP contribution >= 0.6 is 11.3 Å². The zero-order valence-corrected chi connectivity index (χ0v) is 12.1. The van der Waals surface area contributed by atoms with Crippen molar-refractivity contribution in [2.24, 2.45) is 12.9 Å². The van der Waals surface area contributed by atoms with Gasteiger partial charge >= 0.3 is 0 Å². The van der Waals surface area contributed by atoms with E-state index in [1.165, 1.54) is 10.1 Å². The summed E-state index contributed by atoms with van der Waals surface area (Å²) in [4.78, 5) is 1.13. The highest BCUT2D eigenvalue weighted by molar-refractivity contribution is 7.19.